The van der Waals surface area contributed by atoms with E-state index >= 15 is 0 Å². The topological polar surface area (TPSA) is 41.8 Å². The summed E-state index contributed by atoms with van der Waals surface area (Å²) in [6.07, 6.45) is 0.655. The van der Waals surface area contributed by atoms with Gasteiger partial charge in [0.2, 0.25) is 0 Å². The van der Waals surface area contributed by atoms with E-state index in [1.54, 1.807) is 0 Å². The molecule has 0 aliphatic carbocycles. The number of aromatic nitrogens is 2. The van der Waals surface area contributed by atoms with Crippen molar-refractivity contribution >= 4 is 34.8 Å². The van der Waals surface area contributed by atoms with Crippen LogP contribution >= 0.6 is 23.8 Å². The lowest BCUT2D eigenvalue weighted by atomic mass is 10.1. The molecule has 0 unspecified atom stereocenters. The molecule has 0 aliphatic rings. The molecule has 19 heavy (non-hydrogen) atoms. The molecule has 0 fully saturated rings. The van der Waals surface area contributed by atoms with Gasteiger partial charge in [-0.2, -0.15) is 5.10 Å². The summed E-state index contributed by atoms with van der Waals surface area (Å²) in [4.78, 5) is 0. The Morgan fingerprint density at radius 3 is 3.00 bits per heavy atom. The van der Waals surface area contributed by atoms with Crippen LogP contribution in [0, 0.1) is 11.6 Å². The number of hydrogen-bond acceptors (Lipinski definition) is 3. The van der Waals surface area contributed by atoms with E-state index < -0.39 is 0 Å². The van der Waals surface area contributed by atoms with Crippen LogP contribution in [0.4, 0.5) is 0 Å². The summed E-state index contributed by atoms with van der Waals surface area (Å²) in [5.41, 5.74) is 2.70. The van der Waals surface area contributed by atoms with Gasteiger partial charge in [0, 0.05) is 11.8 Å². The maximum Gasteiger partial charge on any atom is 0.152 e. The number of para-hydroxylation sites is 1. The first kappa shape index (κ1) is 12.4. The summed E-state index contributed by atoms with van der Waals surface area (Å²) < 4.78 is 6.41. The monoisotopic (exact) mass is 290 g/mol. The number of hydrogen-bond donors (Lipinski definition) is 1. The standard InChI is InChI=1S/C14H11ClN2OS/c1-8-10(7-13(19)17-16-8)6-11-5-9-3-2-4-12(15)14(9)18-11/h2-5,7H,6H2,1H3,(H,17,19). The molecule has 0 radical (unpaired) electrons. The van der Waals surface area contributed by atoms with E-state index in [1.165, 1.54) is 0 Å². The minimum atomic E-state index is 0.620. The maximum absolute atomic E-state index is 6.10. The van der Waals surface area contributed by atoms with Crippen LogP contribution in [0.1, 0.15) is 17.0 Å². The van der Waals surface area contributed by atoms with Crippen LogP contribution in [0.5, 0.6) is 0 Å². The lowest BCUT2D eigenvalue weighted by molar-refractivity contribution is 0.561. The van der Waals surface area contributed by atoms with E-state index in [1.807, 2.05) is 37.3 Å². The highest BCUT2D eigenvalue weighted by molar-refractivity contribution is 7.71. The van der Waals surface area contributed by atoms with Crippen LogP contribution in [0.25, 0.3) is 11.0 Å². The Morgan fingerprint density at radius 2 is 2.21 bits per heavy atom. The minimum Gasteiger partial charge on any atom is -0.459 e. The third-order valence-electron chi connectivity index (χ3n) is 3.02. The first-order valence-corrected chi connectivity index (χ1v) is 6.64. The molecule has 3 aromatic rings. The van der Waals surface area contributed by atoms with Gasteiger partial charge in [-0.05, 0) is 30.7 Å². The number of fused-ring (bicyclic) bond motifs is 1. The van der Waals surface area contributed by atoms with Gasteiger partial charge in [-0.1, -0.05) is 36.0 Å². The van der Waals surface area contributed by atoms with E-state index in [0.29, 0.717) is 16.1 Å². The molecule has 0 saturated carbocycles. The molecule has 5 heteroatoms. The predicted molar refractivity (Wildman–Crippen MR) is 78.2 cm³/mol. The number of aryl methyl sites for hydroxylation is 1. The molecular weight excluding hydrogens is 280 g/mol. The Balaban J connectivity index is 2.04. The maximum atomic E-state index is 6.10. The van der Waals surface area contributed by atoms with E-state index in [4.69, 9.17) is 28.2 Å². The number of rotatable bonds is 2. The van der Waals surface area contributed by atoms with Gasteiger partial charge in [-0.15, -0.1) is 0 Å². The van der Waals surface area contributed by atoms with Crippen LogP contribution in [0.15, 0.2) is 34.7 Å². The van der Waals surface area contributed by atoms with Crippen molar-refractivity contribution in [1.29, 1.82) is 0 Å². The average molecular weight is 291 g/mol. The van der Waals surface area contributed by atoms with E-state index in [9.17, 15) is 0 Å². The van der Waals surface area contributed by atoms with Gasteiger partial charge in [-0.3, -0.25) is 5.10 Å². The molecule has 2 aromatic heterocycles. The molecule has 0 saturated heterocycles. The van der Waals surface area contributed by atoms with Gasteiger partial charge in [0.05, 0.1) is 10.7 Å². The molecule has 96 valence electrons. The quantitative estimate of drug-likeness (QED) is 0.710. The average Bonchev–Trinajstić information content (AvgIpc) is 2.78. The van der Waals surface area contributed by atoms with Crippen LogP contribution in [-0.2, 0) is 6.42 Å². The molecule has 1 aromatic carbocycles. The fraction of sp³-hybridized carbons (Fsp3) is 0.143. The Labute approximate surface area is 120 Å². The van der Waals surface area contributed by atoms with Crippen molar-refractivity contribution < 1.29 is 4.42 Å². The van der Waals surface area contributed by atoms with Crippen LogP contribution in [0.2, 0.25) is 5.02 Å². The highest BCUT2D eigenvalue weighted by Crippen LogP contribution is 2.27. The van der Waals surface area contributed by atoms with Crippen molar-refractivity contribution in [2.75, 3.05) is 0 Å². The fourth-order valence-corrected chi connectivity index (χ4v) is 2.45. The van der Waals surface area contributed by atoms with E-state index in [2.05, 4.69) is 10.2 Å². The Hall–Kier alpha value is -1.65. The molecule has 0 bridgehead atoms. The van der Waals surface area contributed by atoms with Crippen molar-refractivity contribution in [3.8, 4) is 0 Å². The van der Waals surface area contributed by atoms with Crippen molar-refractivity contribution in [1.82, 2.24) is 10.2 Å². The van der Waals surface area contributed by atoms with Gasteiger partial charge in [0.15, 0.2) is 5.58 Å². The molecule has 3 nitrogen and oxygen atoms in total. The third kappa shape index (κ3) is 2.41. The molecule has 0 spiro atoms. The van der Waals surface area contributed by atoms with Gasteiger partial charge < -0.3 is 4.42 Å². The van der Waals surface area contributed by atoms with Crippen molar-refractivity contribution in [2.24, 2.45) is 0 Å². The SMILES string of the molecule is Cc1n[nH]c(=S)cc1Cc1cc2cccc(Cl)c2o1. The highest BCUT2D eigenvalue weighted by atomic mass is 35.5. The smallest absolute Gasteiger partial charge is 0.152 e. The van der Waals surface area contributed by atoms with Gasteiger partial charge in [0.1, 0.15) is 10.4 Å². The number of H-pyrrole nitrogens is 1. The first-order valence-electron chi connectivity index (χ1n) is 5.85. The largest absolute Gasteiger partial charge is 0.459 e. The second-order valence-corrected chi connectivity index (χ2v) is 5.24. The highest BCUT2D eigenvalue weighted by Gasteiger charge is 2.09. The summed E-state index contributed by atoms with van der Waals surface area (Å²) in [6, 6.07) is 9.63. The van der Waals surface area contributed by atoms with Crippen molar-refractivity contribution in [2.45, 2.75) is 13.3 Å². The third-order valence-corrected chi connectivity index (χ3v) is 3.52. The summed E-state index contributed by atoms with van der Waals surface area (Å²) in [7, 11) is 0. The van der Waals surface area contributed by atoms with E-state index in [0.717, 1.165) is 28.0 Å². The van der Waals surface area contributed by atoms with Crippen LogP contribution < -0.4 is 0 Å². The molecule has 1 N–H and O–H groups in total. The summed E-state index contributed by atoms with van der Waals surface area (Å²) in [6.45, 7) is 1.94. The summed E-state index contributed by atoms with van der Waals surface area (Å²) >= 11 is 11.2. The zero-order valence-electron chi connectivity index (χ0n) is 10.2. The number of nitrogens with zero attached hydrogens (tertiary/aromatic N) is 1. The summed E-state index contributed by atoms with van der Waals surface area (Å²) in [5, 5.41) is 8.56. The predicted octanol–water partition coefficient (Wildman–Crippen LogP) is 4.44. The second-order valence-electron chi connectivity index (χ2n) is 4.39. The van der Waals surface area contributed by atoms with Gasteiger partial charge in [0.25, 0.3) is 0 Å². The second kappa shape index (κ2) is 4.79. The number of halogens is 1. The van der Waals surface area contributed by atoms with Crippen molar-refractivity contribution in [3.63, 3.8) is 0 Å². The van der Waals surface area contributed by atoms with Gasteiger partial charge in [-0.25, -0.2) is 0 Å². The molecule has 0 atom stereocenters. The Kier molecular flexibility index (Phi) is 3.12. The molecular formula is C14H11ClN2OS. The Morgan fingerprint density at radius 1 is 1.37 bits per heavy atom. The number of benzene rings is 1. The van der Waals surface area contributed by atoms with Crippen LogP contribution in [0.3, 0.4) is 0 Å². The molecule has 2 heterocycles. The zero-order valence-corrected chi connectivity index (χ0v) is 11.8. The number of furan rings is 1. The molecule has 0 aliphatic heterocycles. The number of aromatic amines is 1. The minimum absolute atomic E-state index is 0.620. The van der Waals surface area contributed by atoms with E-state index in [-0.39, 0.29) is 0 Å². The fourth-order valence-electron chi connectivity index (χ4n) is 2.04. The summed E-state index contributed by atoms with van der Waals surface area (Å²) in [5.74, 6) is 0.855. The van der Waals surface area contributed by atoms with Gasteiger partial charge >= 0.3 is 0 Å². The van der Waals surface area contributed by atoms with Crippen LogP contribution in [-0.4, -0.2) is 10.2 Å². The number of nitrogens with one attached hydrogen (secondary N) is 1. The lowest BCUT2D eigenvalue weighted by Gasteiger charge is -2.01. The zero-order chi connectivity index (χ0) is 13.4. The Bertz CT molecular complexity index is 807. The molecule has 0 amide bonds. The first-order chi connectivity index (χ1) is 9.13. The normalized spacial score (nSPS) is 11.1. The van der Waals surface area contributed by atoms with Crippen molar-refractivity contribution in [3.05, 3.63) is 57.0 Å². The lowest BCUT2D eigenvalue weighted by Crippen LogP contribution is -1.96. The molecule has 3 rings (SSSR count).